The summed E-state index contributed by atoms with van der Waals surface area (Å²) in [5.41, 5.74) is 9.02. The predicted molar refractivity (Wildman–Crippen MR) is 90.4 cm³/mol. The molecule has 2 rings (SSSR count). The monoisotopic (exact) mass is 331 g/mol. The Kier molecular flexibility index (Phi) is 5.06. The Hall–Kier alpha value is -2.33. The molecule has 0 saturated heterocycles. The van der Waals surface area contributed by atoms with Crippen molar-refractivity contribution in [1.82, 2.24) is 0 Å². The standard InChI is InChI=1S/C18H18ClNO3/c1-10-6-11(2)17(12(3)7-10)15(21)9-23-16-5-4-13(19)8-14(16)18(20)22/h4-8H,9H2,1-3H3,(H2,20,22). The predicted octanol–water partition coefficient (Wildman–Crippen LogP) is 3.63. The van der Waals surface area contributed by atoms with Crippen LogP contribution in [0.1, 0.15) is 37.4 Å². The molecule has 0 heterocycles. The van der Waals surface area contributed by atoms with Crippen molar-refractivity contribution in [2.45, 2.75) is 20.8 Å². The van der Waals surface area contributed by atoms with Gasteiger partial charge in [0.2, 0.25) is 5.78 Å². The summed E-state index contributed by atoms with van der Waals surface area (Å²) in [5, 5.41) is 0.378. The first-order chi connectivity index (χ1) is 10.8. The molecule has 0 radical (unpaired) electrons. The number of benzene rings is 2. The number of amides is 1. The van der Waals surface area contributed by atoms with Crippen LogP contribution in [0.3, 0.4) is 0 Å². The molecule has 0 aliphatic rings. The maximum Gasteiger partial charge on any atom is 0.252 e. The average Bonchev–Trinajstić information content (AvgIpc) is 2.44. The number of carbonyl (C=O) groups is 2. The Morgan fingerprint density at radius 1 is 1.09 bits per heavy atom. The summed E-state index contributed by atoms with van der Waals surface area (Å²) in [6.45, 7) is 5.60. The Morgan fingerprint density at radius 2 is 1.70 bits per heavy atom. The van der Waals surface area contributed by atoms with Crippen molar-refractivity contribution >= 4 is 23.3 Å². The number of ether oxygens (including phenoxy) is 1. The van der Waals surface area contributed by atoms with Gasteiger partial charge in [0, 0.05) is 10.6 Å². The lowest BCUT2D eigenvalue weighted by molar-refractivity contribution is 0.0911. The molecule has 2 N–H and O–H groups in total. The quantitative estimate of drug-likeness (QED) is 0.851. The van der Waals surface area contributed by atoms with Crippen LogP contribution in [0.25, 0.3) is 0 Å². The fraction of sp³-hybridized carbons (Fsp3) is 0.222. The number of hydrogen-bond acceptors (Lipinski definition) is 3. The van der Waals surface area contributed by atoms with Crippen molar-refractivity contribution in [1.29, 1.82) is 0 Å². The van der Waals surface area contributed by atoms with E-state index in [0.29, 0.717) is 10.6 Å². The number of aryl methyl sites for hydroxylation is 3. The lowest BCUT2D eigenvalue weighted by Gasteiger charge is -2.13. The molecule has 2 aromatic carbocycles. The summed E-state index contributed by atoms with van der Waals surface area (Å²) in [6.07, 6.45) is 0. The van der Waals surface area contributed by atoms with Crippen molar-refractivity contribution < 1.29 is 14.3 Å². The number of primary amides is 1. The van der Waals surface area contributed by atoms with Crippen molar-refractivity contribution in [3.8, 4) is 5.75 Å². The Bertz CT molecular complexity index is 761. The molecule has 0 bridgehead atoms. The van der Waals surface area contributed by atoms with Crippen LogP contribution in [-0.2, 0) is 0 Å². The number of rotatable bonds is 5. The lowest BCUT2D eigenvalue weighted by atomic mass is 9.97. The Balaban J connectivity index is 2.22. The van der Waals surface area contributed by atoms with Gasteiger partial charge in [0.1, 0.15) is 5.75 Å². The van der Waals surface area contributed by atoms with Gasteiger partial charge in [-0.05, 0) is 50.1 Å². The van der Waals surface area contributed by atoms with E-state index in [9.17, 15) is 9.59 Å². The van der Waals surface area contributed by atoms with E-state index in [1.165, 1.54) is 12.1 Å². The van der Waals surface area contributed by atoms with E-state index in [4.69, 9.17) is 22.1 Å². The number of carbonyl (C=O) groups excluding carboxylic acids is 2. The normalized spacial score (nSPS) is 10.4. The molecule has 0 unspecified atom stereocenters. The fourth-order valence-corrected chi connectivity index (χ4v) is 2.83. The smallest absolute Gasteiger partial charge is 0.252 e. The van der Waals surface area contributed by atoms with E-state index in [1.807, 2.05) is 32.9 Å². The van der Waals surface area contributed by atoms with Crippen LogP contribution in [0.4, 0.5) is 0 Å². The van der Waals surface area contributed by atoms with Crippen LogP contribution in [0, 0.1) is 20.8 Å². The first-order valence-corrected chi connectivity index (χ1v) is 7.50. The first-order valence-electron chi connectivity index (χ1n) is 7.12. The zero-order valence-corrected chi connectivity index (χ0v) is 14.0. The number of ketones is 1. The maximum atomic E-state index is 12.5. The van der Waals surface area contributed by atoms with Gasteiger partial charge in [-0.2, -0.15) is 0 Å². The summed E-state index contributed by atoms with van der Waals surface area (Å²) in [7, 11) is 0. The van der Waals surface area contributed by atoms with Crippen LogP contribution >= 0.6 is 11.6 Å². The highest BCUT2D eigenvalue weighted by molar-refractivity contribution is 6.31. The summed E-state index contributed by atoms with van der Waals surface area (Å²) in [5.74, 6) is -0.555. The number of halogens is 1. The second-order valence-electron chi connectivity index (χ2n) is 5.49. The topological polar surface area (TPSA) is 69.4 Å². The lowest BCUT2D eigenvalue weighted by Crippen LogP contribution is -2.18. The molecule has 0 aromatic heterocycles. The molecule has 2 aromatic rings. The fourth-order valence-electron chi connectivity index (χ4n) is 2.66. The van der Waals surface area contributed by atoms with E-state index in [-0.39, 0.29) is 23.7 Å². The highest BCUT2D eigenvalue weighted by Crippen LogP contribution is 2.23. The van der Waals surface area contributed by atoms with Crippen molar-refractivity contribution in [3.63, 3.8) is 0 Å². The molecule has 23 heavy (non-hydrogen) atoms. The molecular weight excluding hydrogens is 314 g/mol. The molecule has 0 saturated carbocycles. The highest BCUT2D eigenvalue weighted by Gasteiger charge is 2.16. The second-order valence-corrected chi connectivity index (χ2v) is 5.93. The van der Waals surface area contributed by atoms with E-state index < -0.39 is 5.91 Å². The summed E-state index contributed by atoms with van der Waals surface area (Å²) in [4.78, 5) is 23.9. The van der Waals surface area contributed by atoms with Gasteiger partial charge in [-0.3, -0.25) is 9.59 Å². The molecule has 120 valence electrons. The molecule has 1 amide bonds. The van der Waals surface area contributed by atoms with Gasteiger partial charge in [0.25, 0.3) is 5.91 Å². The largest absolute Gasteiger partial charge is 0.485 e. The van der Waals surface area contributed by atoms with Gasteiger partial charge in [0.15, 0.2) is 6.61 Å². The average molecular weight is 332 g/mol. The zero-order chi connectivity index (χ0) is 17.1. The van der Waals surface area contributed by atoms with E-state index >= 15 is 0 Å². The third-order valence-electron chi connectivity index (χ3n) is 3.52. The summed E-state index contributed by atoms with van der Waals surface area (Å²) < 4.78 is 5.50. The van der Waals surface area contributed by atoms with E-state index in [1.54, 1.807) is 6.07 Å². The SMILES string of the molecule is Cc1cc(C)c(C(=O)COc2ccc(Cl)cc2C(N)=O)c(C)c1. The van der Waals surface area contributed by atoms with Gasteiger partial charge in [-0.25, -0.2) is 0 Å². The van der Waals surface area contributed by atoms with E-state index in [0.717, 1.165) is 16.7 Å². The minimum Gasteiger partial charge on any atom is -0.485 e. The molecular formula is C18H18ClNO3. The van der Waals surface area contributed by atoms with Crippen molar-refractivity contribution in [2.75, 3.05) is 6.61 Å². The van der Waals surface area contributed by atoms with Gasteiger partial charge in [-0.1, -0.05) is 29.3 Å². The number of nitrogens with two attached hydrogens (primary N) is 1. The Labute approximate surface area is 140 Å². The molecule has 4 nitrogen and oxygen atoms in total. The van der Waals surface area contributed by atoms with Gasteiger partial charge < -0.3 is 10.5 Å². The van der Waals surface area contributed by atoms with E-state index in [2.05, 4.69) is 0 Å². The number of hydrogen-bond donors (Lipinski definition) is 1. The molecule has 0 aliphatic carbocycles. The third kappa shape index (κ3) is 3.90. The van der Waals surface area contributed by atoms with Crippen LogP contribution in [-0.4, -0.2) is 18.3 Å². The van der Waals surface area contributed by atoms with Gasteiger partial charge >= 0.3 is 0 Å². The molecule has 0 spiro atoms. The first kappa shape index (κ1) is 17.0. The van der Waals surface area contributed by atoms with Gasteiger partial charge in [-0.15, -0.1) is 0 Å². The Morgan fingerprint density at radius 3 is 2.26 bits per heavy atom. The van der Waals surface area contributed by atoms with Crippen LogP contribution < -0.4 is 10.5 Å². The second kappa shape index (κ2) is 6.84. The van der Waals surface area contributed by atoms with Crippen LogP contribution in [0.2, 0.25) is 5.02 Å². The van der Waals surface area contributed by atoms with Crippen molar-refractivity contribution in [2.24, 2.45) is 5.73 Å². The van der Waals surface area contributed by atoms with Crippen LogP contribution in [0.5, 0.6) is 5.75 Å². The van der Waals surface area contributed by atoms with Crippen molar-refractivity contribution in [3.05, 3.63) is 63.2 Å². The molecule has 0 fully saturated rings. The molecule has 0 aliphatic heterocycles. The molecule has 5 heteroatoms. The minimum absolute atomic E-state index is 0.148. The summed E-state index contributed by atoms with van der Waals surface area (Å²) >= 11 is 5.85. The molecule has 0 atom stereocenters. The maximum absolute atomic E-state index is 12.5. The number of Topliss-reactive ketones (excluding diaryl/α,β-unsaturated/α-hetero) is 1. The zero-order valence-electron chi connectivity index (χ0n) is 13.3. The highest BCUT2D eigenvalue weighted by atomic mass is 35.5. The minimum atomic E-state index is -0.655. The van der Waals surface area contributed by atoms with Crippen LogP contribution in [0.15, 0.2) is 30.3 Å². The third-order valence-corrected chi connectivity index (χ3v) is 3.76. The van der Waals surface area contributed by atoms with Gasteiger partial charge in [0.05, 0.1) is 5.56 Å². The summed E-state index contributed by atoms with van der Waals surface area (Å²) in [6, 6.07) is 8.45.